The summed E-state index contributed by atoms with van der Waals surface area (Å²) in [7, 11) is 3.15. The van der Waals surface area contributed by atoms with Gasteiger partial charge in [-0.1, -0.05) is 48.5 Å². The second-order valence-electron chi connectivity index (χ2n) is 6.17. The molecule has 0 atom stereocenters. The van der Waals surface area contributed by atoms with Gasteiger partial charge in [0.05, 0.1) is 14.2 Å². The molecule has 0 aliphatic rings. The molecule has 27 heavy (non-hydrogen) atoms. The zero-order chi connectivity index (χ0) is 19.1. The number of benzene rings is 3. The maximum absolute atomic E-state index is 12.8. The molecule has 0 bridgehead atoms. The van der Waals surface area contributed by atoms with E-state index in [-0.39, 0.29) is 5.91 Å². The number of nitrogens with one attached hydrogen (secondary N) is 1. The van der Waals surface area contributed by atoms with Gasteiger partial charge in [-0.2, -0.15) is 0 Å². The first-order chi connectivity index (χ1) is 13.2. The van der Waals surface area contributed by atoms with Crippen LogP contribution in [0.4, 0.5) is 5.69 Å². The Bertz CT molecular complexity index is 907. The number of ether oxygens (including phenoxy) is 2. The molecule has 0 unspecified atom stereocenters. The van der Waals surface area contributed by atoms with Crippen molar-refractivity contribution in [2.75, 3.05) is 19.5 Å². The molecule has 138 valence electrons. The van der Waals surface area contributed by atoms with Gasteiger partial charge in [-0.05, 0) is 42.2 Å². The van der Waals surface area contributed by atoms with Gasteiger partial charge in [-0.15, -0.1) is 0 Å². The summed E-state index contributed by atoms with van der Waals surface area (Å²) in [6.45, 7) is 0. The summed E-state index contributed by atoms with van der Waals surface area (Å²) in [6, 6.07) is 23.3. The Hall–Kier alpha value is -3.27. The lowest BCUT2D eigenvalue weighted by molar-refractivity contribution is 0.102. The van der Waals surface area contributed by atoms with E-state index in [0.717, 1.165) is 18.4 Å². The molecule has 3 rings (SSSR count). The summed E-state index contributed by atoms with van der Waals surface area (Å²) in [5.41, 5.74) is 3.63. The van der Waals surface area contributed by atoms with E-state index in [0.29, 0.717) is 22.7 Å². The van der Waals surface area contributed by atoms with Gasteiger partial charge in [0.25, 0.3) is 5.91 Å². The van der Waals surface area contributed by atoms with Crippen LogP contribution >= 0.6 is 0 Å². The fraction of sp³-hybridized carbons (Fsp3) is 0.174. The molecular formula is C23H23NO3. The van der Waals surface area contributed by atoms with E-state index in [9.17, 15) is 4.79 Å². The number of carbonyl (C=O) groups is 1. The van der Waals surface area contributed by atoms with Crippen LogP contribution in [-0.4, -0.2) is 20.1 Å². The van der Waals surface area contributed by atoms with E-state index >= 15 is 0 Å². The van der Waals surface area contributed by atoms with Gasteiger partial charge >= 0.3 is 0 Å². The molecule has 0 aliphatic carbocycles. The minimum Gasteiger partial charge on any atom is -0.493 e. The van der Waals surface area contributed by atoms with Crippen LogP contribution in [0.2, 0.25) is 0 Å². The minimum absolute atomic E-state index is 0.133. The summed E-state index contributed by atoms with van der Waals surface area (Å²) in [5.74, 6) is 1.07. The molecule has 3 aromatic carbocycles. The molecule has 1 amide bonds. The third-order valence-electron chi connectivity index (χ3n) is 4.43. The summed E-state index contributed by atoms with van der Waals surface area (Å²) in [6.07, 6.45) is 1.70. The Balaban J connectivity index is 1.75. The Morgan fingerprint density at radius 2 is 1.52 bits per heavy atom. The first kappa shape index (κ1) is 18.5. The summed E-state index contributed by atoms with van der Waals surface area (Å²) < 4.78 is 10.5. The first-order valence-electron chi connectivity index (χ1n) is 8.86. The average Bonchev–Trinajstić information content (AvgIpc) is 2.73. The third kappa shape index (κ3) is 4.67. The summed E-state index contributed by atoms with van der Waals surface area (Å²) >= 11 is 0. The lowest BCUT2D eigenvalue weighted by Gasteiger charge is -2.12. The number of carbonyl (C=O) groups excluding carboxylic acids is 1. The highest BCUT2D eigenvalue weighted by molar-refractivity contribution is 6.05. The maximum Gasteiger partial charge on any atom is 0.255 e. The molecule has 0 radical (unpaired) electrons. The van der Waals surface area contributed by atoms with Gasteiger partial charge in [0.15, 0.2) is 11.5 Å². The van der Waals surface area contributed by atoms with Crippen molar-refractivity contribution in [1.82, 2.24) is 0 Å². The molecule has 4 heteroatoms. The SMILES string of the molecule is COc1ccc(NC(=O)c2ccccc2CCc2ccccc2)cc1OC. The van der Waals surface area contributed by atoms with Crippen molar-refractivity contribution in [1.29, 1.82) is 0 Å². The largest absolute Gasteiger partial charge is 0.493 e. The molecule has 0 fully saturated rings. The number of rotatable bonds is 7. The van der Waals surface area contributed by atoms with Crippen LogP contribution in [0.25, 0.3) is 0 Å². The zero-order valence-electron chi connectivity index (χ0n) is 15.6. The lowest BCUT2D eigenvalue weighted by atomic mass is 9.99. The van der Waals surface area contributed by atoms with Crippen LogP contribution in [0.1, 0.15) is 21.5 Å². The number of hydrogen-bond acceptors (Lipinski definition) is 3. The molecule has 0 aromatic heterocycles. The van der Waals surface area contributed by atoms with Crippen molar-refractivity contribution in [3.63, 3.8) is 0 Å². The van der Waals surface area contributed by atoms with E-state index in [1.165, 1.54) is 5.56 Å². The van der Waals surface area contributed by atoms with Crippen LogP contribution < -0.4 is 14.8 Å². The van der Waals surface area contributed by atoms with E-state index in [1.54, 1.807) is 32.4 Å². The first-order valence-corrected chi connectivity index (χ1v) is 8.86. The second-order valence-corrected chi connectivity index (χ2v) is 6.17. The Labute approximate surface area is 159 Å². The number of methoxy groups -OCH3 is 2. The molecule has 1 N–H and O–H groups in total. The molecule has 0 spiro atoms. The van der Waals surface area contributed by atoms with Crippen molar-refractivity contribution < 1.29 is 14.3 Å². The highest BCUT2D eigenvalue weighted by Crippen LogP contribution is 2.30. The number of hydrogen-bond donors (Lipinski definition) is 1. The Morgan fingerprint density at radius 1 is 0.815 bits per heavy atom. The molecule has 0 saturated carbocycles. The smallest absolute Gasteiger partial charge is 0.255 e. The number of amides is 1. The second kappa shape index (κ2) is 8.90. The van der Waals surface area contributed by atoms with Crippen molar-refractivity contribution in [2.45, 2.75) is 12.8 Å². The molecule has 0 heterocycles. The van der Waals surface area contributed by atoms with Gasteiger partial charge in [0.2, 0.25) is 0 Å². The van der Waals surface area contributed by atoms with Crippen LogP contribution in [0.5, 0.6) is 11.5 Å². The van der Waals surface area contributed by atoms with E-state index in [1.807, 2.05) is 42.5 Å². The molecular weight excluding hydrogens is 338 g/mol. The monoisotopic (exact) mass is 361 g/mol. The molecule has 3 aromatic rings. The van der Waals surface area contributed by atoms with Gasteiger partial charge in [0, 0.05) is 17.3 Å². The van der Waals surface area contributed by atoms with Gasteiger partial charge in [0.1, 0.15) is 0 Å². The zero-order valence-corrected chi connectivity index (χ0v) is 15.6. The fourth-order valence-electron chi connectivity index (χ4n) is 3.00. The van der Waals surface area contributed by atoms with Crippen molar-refractivity contribution in [3.05, 3.63) is 89.5 Å². The standard InChI is InChI=1S/C23H23NO3/c1-26-21-15-14-19(16-22(21)27-2)24-23(25)20-11-7-6-10-18(20)13-12-17-8-4-3-5-9-17/h3-11,14-16H,12-13H2,1-2H3,(H,24,25). The molecule has 0 saturated heterocycles. The third-order valence-corrected chi connectivity index (χ3v) is 4.43. The number of anilines is 1. The van der Waals surface area contributed by atoms with E-state index in [4.69, 9.17) is 9.47 Å². The van der Waals surface area contributed by atoms with Gasteiger partial charge in [-0.25, -0.2) is 0 Å². The highest BCUT2D eigenvalue weighted by atomic mass is 16.5. The Morgan fingerprint density at radius 3 is 2.26 bits per heavy atom. The van der Waals surface area contributed by atoms with Crippen molar-refractivity contribution >= 4 is 11.6 Å². The highest BCUT2D eigenvalue weighted by Gasteiger charge is 2.13. The van der Waals surface area contributed by atoms with Crippen LogP contribution in [-0.2, 0) is 12.8 Å². The predicted octanol–water partition coefficient (Wildman–Crippen LogP) is 4.74. The minimum atomic E-state index is -0.133. The molecule has 0 aliphatic heterocycles. The normalized spacial score (nSPS) is 10.3. The number of aryl methyl sites for hydroxylation is 2. The van der Waals surface area contributed by atoms with Crippen LogP contribution in [0.15, 0.2) is 72.8 Å². The van der Waals surface area contributed by atoms with Crippen LogP contribution in [0.3, 0.4) is 0 Å². The average molecular weight is 361 g/mol. The maximum atomic E-state index is 12.8. The summed E-state index contributed by atoms with van der Waals surface area (Å²) in [4.78, 5) is 12.8. The van der Waals surface area contributed by atoms with Crippen LogP contribution in [0, 0.1) is 0 Å². The fourth-order valence-corrected chi connectivity index (χ4v) is 3.00. The topological polar surface area (TPSA) is 47.6 Å². The lowest BCUT2D eigenvalue weighted by Crippen LogP contribution is -2.14. The van der Waals surface area contributed by atoms with Gasteiger partial charge in [-0.3, -0.25) is 4.79 Å². The molecule has 4 nitrogen and oxygen atoms in total. The van der Waals surface area contributed by atoms with E-state index < -0.39 is 0 Å². The summed E-state index contributed by atoms with van der Waals surface area (Å²) in [5, 5.41) is 2.95. The van der Waals surface area contributed by atoms with Gasteiger partial charge < -0.3 is 14.8 Å². The van der Waals surface area contributed by atoms with Crippen molar-refractivity contribution in [2.24, 2.45) is 0 Å². The Kier molecular flexibility index (Phi) is 6.10. The van der Waals surface area contributed by atoms with Crippen molar-refractivity contribution in [3.8, 4) is 11.5 Å². The predicted molar refractivity (Wildman–Crippen MR) is 108 cm³/mol. The van der Waals surface area contributed by atoms with E-state index in [2.05, 4.69) is 17.4 Å². The quantitative estimate of drug-likeness (QED) is 0.661.